The minimum absolute atomic E-state index is 0.146. The molecule has 0 atom stereocenters. The molecular formula is C24H18F6N2O4. The van der Waals surface area contributed by atoms with E-state index in [9.17, 15) is 35.9 Å². The number of carbonyl (C=O) groups excluding carboxylic acids is 2. The second kappa shape index (κ2) is 10.2. The molecule has 190 valence electrons. The van der Waals surface area contributed by atoms with Crippen LogP contribution in [0.25, 0.3) is 0 Å². The van der Waals surface area contributed by atoms with Gasteiger partial charge in [-0.05, 0) is 31.2 Å². The minimum atomic E-state index is -4.99. The molecule has 3 aromatic carbocycles. The van der Waals surface area contributed by atoms with Gasteiger partial charge in [-0.1, -0.05) is 35.9 Å². The second-order valence-corrected chi connectivity index (χ2v) is 7.43. The first-order chi connectivity index (χ1) is 16.9. The molecule has 2 N–H and O–H groups in total. The maximum absolute atomic E-state index is 14.5. The van der Waals surface area contributed by atoms with Crippen LogP contribution in [0, 0.1) is 18.6 Å². The lowest BCUT2D eigenvalue weighted by Gasteiger charge is -2.27. The zero-order chi connectivity index (χ0) is 26.7. The number of anilines is 1. The van der Waals surface area contributed by atoms with Gasteiger partial charge in [0.25, 0.3) is 5.91 Å². The number of hydrogen-bond donors (Lipinski definition) is 2. The number of alkyl halides is 4. The summed E-state index contributed by atoms with van der Waals surface area (Å²) in [6.45, 7) is 1.60. The van der Waals surface area contributed by atoms with E-state index in [4.69, 9.17) is 4.74 Å². The van der Waals surface area contributed by atoms with Crippen molar-refractivity contribution < 1.29 is 45.4 Å². The van der Waals surface area contributed by atoms with Crippen molar-refractivity contribution in [2.24, 2.45) is 0 Å². The summed E-state index contributed by atoms with van der Waals surface area (Å²) in [6, 6.07) is 8.39. The van der Waals surface area contributed by atoms with Gasteiger partial charge in [0.15, 0.2) is 11.5 Å². The van der Waals surface area contributed by atoms with E-state index in [0.29, 0.717) is 5.56 Å². The molecule has 0 radical (unpaired) electrons. The van der Waals surface area contributed by atoms with Crippen molar-refractivity contribution in [2.75, 3.05) is 12.4 Å². The molecule has 0 saturated carbocycles. The van der Waals surface area contributed by atoms with Gasteiger partial charge in [-0.3, -0.25) is 10.1 Å². The van der Waals surface area contributed by atoms with Gasteiger partial charge >= 0.3 is 18.1 Å². The summed E-state index contributed by atoms with van der Waals surface area (Å²) in [5.41, 5.74) is -1.52. The van der Waals surface area contributed by atoms with E-state index in [-0.39, 0.29) is 5.69 Å². The molecule has 0 unspecified atom stereocenters. The van der Waals surface area contributed by atoms with Gasteiger partial charge in [-0.15, -0.1) is 0 Å². The molecule has 0 aliphatic heterocycles. The Hall–Kier alpha value is -4.22. The largest absolute Gasteiger partial charge is 0.493 e. The molecular weight excluding hydrogens is 494 g/mol. The number of hydrogen-bond acceptors (Lipinski definition) is 4. The molecule has 0 aliphatic rings. The third-order valence-electron chi connectivity index (χ3n) is 4.86. The van der Waals surface area contributed by atoms with Crippen LogP contribution in [0.2, 0.25) is 0 Å². The molecule has 0 fully saturated rings. The number of rotatable bonds is 7. The number of ether oxygens (including phenoxy) is 2. The van der Waals surface area contributed by atoms with E-state index in [1.165, 1.54) is 12.1 Å². The predicted molar refractivity (Wildman–Crippen MR) is 116 cm³/mol. The summed E-state index contributed by atoms with van der Waals surface area (Å²) in [5.74, 6) is -9.72. The van der Waals surface area contributed by atoms with Crippen LogP contribution in [-0.2, 0) is 5.92 Å². The van der Waals surface area contributed by atoms with Crippen LogP contribution in [0.15, 0.2) is 60.7 Å². The first kappa shape index (κ1) is 26.4. The van der Waals surface area contributed by atoms with Crippen molar-refractivity contribution in [3.8, 4) is 11.5 Å². The highest BCUT2D eigenvalue weighted by molar-refractivity contribution is 6.08. The van der Waals surface area contributed by atoms with Crippen LogP contribution in [0.1, 0.15) is 21.5 Å². The van der Waals surface area contributed by atoms with Crippen molar-refractivity contribution in [1.82, 2.24) is 5.32 Å². The van der Waals surface area contributed by atoms with Gasteiger partial charge in [-0.25, -0.2) is 13.6 Å². The summed E-state index contributed by atoms with van der Waals surface area (Å²) in [7, 11) is 1.03. The lowest BCUT2D eigenvalue weighted by atomic mass is 10.1. The van der Waals surface area contributed by atoms with E-state index in [2.05, 4.69) is 10.1 Å². The van der Waals surface area contributed by atoms with Gasteiger partial charge in [0.2, 0.25) is 0 Å². The maximum atomic E-state index is 14.5. The highest BCUT2D eigenvalue weighted by Gasteiger charge is 2.60. The first-order valence-corrected chi connectivity index (χ1v) is 10.1. The van der Waals surface area contributed by atoms with Crippen LogP contribution in [0.5, 0.6) is 11.5 Å². The molecule has 3 rings (SSSR count). The third-order valence-corrected chi connectivity index (χ3v) is 4.86. The standard InChI is InChI=1S/C24H18F6N2O4/c1-13-6-8-14(9-7-13)23(27,28)24(29,30)36-18-11-10-15(12-19(18)35-2)31-22(34)32-21(33)20-16(25)4-3-5-17(20)26/h3-12H,1-2H3,(H2,31,32,33,34). The number of aryl methyl sites for hydroxylation is 1. The Labute approximate surface area is 200 Å². The van der Waals surface area contributed by atoms with Crippen LogP contribution in [-0.4, -0.2) is 25.2 Å². The number of urea groups is 1. The summed E-state index contributed by atoms with van der Waals surface area (Å²) in [5, 5.41) is 3.82. The molecule has 12 heteroatoms. The van der Waals surface area contributed by atoms with Crippen molar-refractivity contribution in [3.63, 3.8) is 0 Å². The predicted octanol–water partition coefficient (Wildman–Crippen LogP) is 6.01. The number of methoxy groups -OCH3 is 1. The summed E-state index contributed by atoms with van der Waals surface area (Å²) in [6.07, 6.45) is -4.99. The minimum Gasteiger partial charge on any atom is -0.493 e. The van der Waals surface area contributed by atoms with Gasteiger partial charge in [-0.2, -0.15) is 17.6 Å². The lowest BCUT2D eigenvalue weighted by Crippen LogP contribution is -2.43. The fourth-order valence-electron chi connectivity index (χ4n) is 3.01. The average Bonchev–Trinajstić information content (AvgIpc) is 2.79. The molecule has 3 amide bonds. The Morgan fingerprint density at radius 3 is 2.06 bits per heavy atom. The number of carbonyl (C=O) groups is 2. The van der Waals surface area contributed by atoms with E-state index in [1.807, 2.05) is 0 Å². The van der Waals surface area contributed by atoms with Crippen LogP contribution < -0.4 is 20.1 Å². The van der Waals surface area contributed by atoms with Gasteiger partial charge in [0, 0.05) is 17.3 Å². The van der Waals surface area contributed by atoms with Crippen molar-refractivity contribution in [1.29, 1.82) is 0 Å². The molecule has 0 saturated heterocycles. The summed E-state index contributed by atoms with van der Waals surface area (Å²) < 4.78 is 94.5. The molecule has 0 heterocycles. The maximum Gasteiger partial charge on any atom is 0.469 e. The van der Waals surface area contributed by atoms with Crippen LogP contribution in [0.3, 0.4) is 0 Å². The number of halogens is 6. The normalized spacial score (nSPS) is 11.6. The zero-order valence-electron chi connectivity index (χ0n) is 18.7. The fraction of sp³-hybridized carbons (Fsp3) is 0.167. The van der Waals surface area contributed by atoms with E-state index in [1.54, 1.807) is 12.2 Å². The lowest BCUT2D eigenvalue weighted by molar-refractivity contribution is -0.316. The molecule has 6 nitrogen and oxygen atoms in total. The molecule has 0 aromatic heterocycles. The van der Waals surface area contributed by atoms with E-state index < -0.39 is 58.2 Å². The van der Waals surface area contributed by atoms with Crippen molar-refractivity contribution in [2.45, 2.75) is 19.0 Å². The molecule has 0 aliphatic carbocycles. The Morgan fingerprint density at radius 2 is 1.47 bits per heavy atom. The quantitative estimate of drug-likeness (QED) is 0.381. The van der Waals surface area contributed by atoms with E-state index >= 15 is 0 Å². The Kier molecular flexibility index (Phi) is 7.46. The molecule has 0 spiro atoms. The second-order valence-electron chi connectivity index (χ2n) is 7.43. The smallest absolute Gasteiger partial charge is 0.469 e. The molecule has 36 heavy (non-hydrogen) atoms. The van der Waals surface area contributed by atoms with Crippen LogP contribution >= 0.6 is 0 Å². The Balaban J connectivity index is 1.75. The van der Waals surface area contributed by atoms with Crippen molar-refractivity contribution in [3.05, 3.63) is 89.0 Å². The van der Waals surface area contributed by atoms with Crippen LogP contribution in [0.4, 0.5) is 36.8 Å². The highest BCUT2D eigenvalue weighted by Crippen LogP contribution is 2.46. The van der Waals surface area contributed by atoms with E-state index in [0.717, 1.165) is 55.6 Å². The number of amides is 3. The SMILES string of the molecule is COc1cc(NC(=O)NC(=O)c2c(F)cccc2F)ccc1OC(F)(F)C(F)(F)c1ccc(C)cc1. The summed E-state index contributed by atoms with van der Waals surface area (Å²) >= 11 is 0. The monoisotopic (exact) mass is 512 g/mol. The average molecular weight is 512 g/mol. The van der Waals surface area contributed by atoms with Gasteiger partial charge in [0.05, 0.1) is 7.11 Å². The zero-order valence-corrected chi connectivity index (χ0v) is 18.7. The Morgan fingerprint density at radius 1 is 0.861 bits per heavy atom. The Bertz CT molecular complexity index is 1260. The fourth-order valence-corrected chi connectivity index (χ4v) is 3.01. The van der Waals surface area contributed by atoms with Gasteiger partial charge in [0.1, 0.15) is 17.2 Å². The number of benzene rings is 3. The van der Waals surface area contributed by atoms with Gasteiger partial charge < -0.3 is 14.8 Å². The van der Waals surface area contributed by atoms with Crippen molar-refractivity contribution >= 4 is 17.6 Å². The number of imide groups is 1. The topological polar surface area (TPSA) is 76.7 Å². The molecule has 0 bridgehead atoms. The first-order valence-electron chi connectivity index (χ1n) is 10.1. The highest BCUT2D eigenvalue weighted by atomic mass is 19.3. The molecule has 3 aromatic rings. The summed E-state index contributed by atoms with van der Waals surface area (Å²) in [4.78, 5) is 24.1. The third kappa shape index (κ3) is 5.53. The number of nitrogens with one attached hydrogen (secondary N) is 2.